The Balaban J connectivity index is 1.34. The van der Waals surface area contributed by atoms with Gasteiger partial charge in [0, 0.05) is 19.2 Å². The van der Waals surface area contributed by atoms with Crippen molar-refractivity contribution < 1.29 is 4.79 Å². The summed E-state index contributed by atoms with van der Waals surface area (Å²) in [5.74, 6) is 1.23. The molecule has 4 rings (SSSR count). The maximum atomic E-state index is 12.4. The van der Waals surface area contributed by atoms with Gasteiger partial charge in [-0.25, -0.2) is 4.98 Å². The zero-order chi connectivity index (χ0) is 17.9. The van der Waals surface area contributed by atoms with Crippen LogP contribution in [0.5, 0.6) is 0 Å². The molecular weight excluding hydrogens is 326 g/mol. The first-order valence-corrected chi connectivity index (χ1v) is 9.04. The van der Waals surface area contributed by atoms with E-state index in [-0.39, 0.29) is 11.8 Å². The first kappa shape index (κ1) is 16.7. The zero-order valence-electron chi connectivity index (χ0n) is 14.9. The Morgan fingerprint density at radius 2 is 2.00 bits per heavy atom. The van der Waals surface area contributed by atoms with Crippen LogP contribution in [0.2, 0.25) is 0 Å². The molecule has 6 nitrogen and oxygen atoms in total. The number of amides is 1. The molecule has 0 radical (unpaired) electrons. The van der Waals surface area contributed by atoms with Gasteiger partial charge in [-0.1, -0.05) is 12.1 Å². The van der Waals surface area contributed by atoms with E-state index in [0.29, 0.717) is 0 Å². The van der Waals surface area contributed by atoms with E-state index in [2.05, 4.69) is 32.9 Å². The Kier molecular flexibility index (Phi) is 4.67. The van der Waals surface area contributed by atoms with Gasteiger partial charge in [0.25, 0.3) is 0 Å². The van der Waals surface area contributed by atoms with Crippen molar-refractivity contribution in [2.75, 3.05) is 18.4 Å². The van der Waals surface area contributed by atoms with Gasteiger partial charge in [-0.15, -0.1) is 0 Å². The molecule has 1 saturated heterocycles. The third-order valence-electron chi connectivity index (χ3n) is 5.13. The van der Waals surface area contributed by atoms with Crippen LogP contribution in [-0.2, 0) is 18.4 Å². The number of likely N-dealkylation sites (tertiary alicyclic amines) is 1. The van der Waals surface area contributed by atoms with Crippen LogP contribution in [-0.4, -0.2) is 38.4 Å². The van der Waals surface area contributed by atoms with Crippen LogP contribution in [0.4, 0.5) is 5.69 Å². The number of piperidine rings is 1. The number of imidazole rings is 1. The number of pyridine rings is 1. The molecule has 1 amide bonds. The summed E-state index contributed by atoms with van der Waals surface area (Å²) in [6.07, 6.45) is 5.13. The van der Waals surface area contributed by atoms with E-state index in [1.165, 1.54) is 0 Å². The molecule has 6 heteroatoms. The zero-order valence-corrected chi connectivity index (χ0v) is 14.9. The Labute approximate surface area is 152 Å². The number of nitrogens with one attached hydrogen (secondary N) is 1. The molecule has 0 aliphatic carbocycles. The summed E-state index contributed by atoms with van der Waals surface area (Å²) in [7, 11) is 2.07. The van der Waals surface area contributed by atoms with Gasteiger partial charge in [0.15, 0.2) is 0 Å². The van der Waals surface area contributed by atoms with Crippen molar-refractivity contribution in [3.63, 3.8) is 0 Å². The maximum Gasteiger partial charge on any atom is 0.227 e. The summed E-state index contributed by atoms with van der Waals surface area (Å²) in [6, 6.07) is 11.9. The predicted octanol–water partition coefficient (Wildman–Crippen LogP) is 2.82. The number of hydrogen-bond donors (Lipinski definition) is 1. The molecule has 134 valence electrons. The molecule has 1 aliphatic heterocycles. The average molecular weight is 349 g/mol. The number of anilines is 1. The molecule has 26 heavy (non-hydrogen) atoms. The fraction of sp³-hybridized carbons (Fsp3) is 0.350. The lowest BCUT2D eigenvalue weighted by atomic mass is 9.96. The molecule has 0 bridgehead atoms. The fourth-order valence-corrected chi connectivity index (χ4v) is 3.57. The minimum absolute atomic E-state index is 0.0619. The number of nitrogens with zero attached hydrogens (tertiary/aromatic N) is 4. The van der Waals surface area contributed by atoms with Crippen LogP contribution < -0.4 is 5.32 Å². The molecule has 2 aromatic heterocycles. The largest absolute Gasteiger partial charge is 0.330 e. The van der Waals surface area contributed by atoms with Gasteiger partial charge < -0.3 is 9.88 Å². The molecule has 1 N–H and O–H groups in total. The van der Waals surface area contributed by atoms with Gasteiger partial charge in [0.2, 0.25) is 5.91 Å². The number of rotatable bonds is 4. The maximum absolute atomic E-state index is 12.4. The normalized spacial score (nSPS) is 16.0. The van der Waals surface area contributed by atoms with Crippen LogP contribution in [0, 0.1) is 5.92 Å². The summed E-state index contributed by atoms with van der Waals surface area (Å²) in [4.78, 5) is 23.6. The van der Waals surface area contributed by atoms with Gasteiger partial charge in [-0.2, -0.15) is 0 Å². The minimum Gasteiger partial charge on any atom is -0.330 e. The highest BCUT2D eigenvalue weighted by Gasteiger charge is 2.25. The first-order chi connectivity index (χ1) is 12.7. The molecular formula is C20H23N5O. The molecule has 0 saturated carbocycles. The lowest BCUT2D eigenvalue weighted by Crippen LogP contribution is -2.38. The van der Waals surface area contributed by atoms with Crippen molar-refractivity contribution in [2.24, 2.45) is 13.0 Å². The Bertz CT molecular complexity index is 897. The van der Waals surface area contributed by atoms with Crippen LogP contribution >= 0.6 is 0 Å². The van der Waals surface area contributed by atoms with Crippen LogP contribution in [0.3, 0.4) is 0 Å². The standard InChI is InChI=1S/C20H23N5O/c1-24-18-7-3-2-6-17(18)23-19(24)14-25-11-8-15(9-12-25)20(26)22-16-5-4-10-21-13-16/h2-7,10,13,15H,8-9,11-12,14H2,1H3,(H,22,26). The number of carbonyl (C=O) groups is 1. The van der Waals surface area contributed by atoms with E-state index in [0.717, 1.165) is 55.0 Å². The number of carbonyl (C=O) groups excluding carboxylic acids is 1. The Morgan fingerprint density at radius 3 is 2.73 bits per heavy atom. The highest BCUT2D eigenvalue weighted by atomic mass is 16.1. The van der Waals surface area contributed by atoms with E-state index in [9.17, 15) is 4.79 Å². The van der Waals surface area contributed by atoms with Gasteiger partial charge in [0.1, 0.15) is 5.82 Å². The summed E-state index contributed by atoms with van der Waals surface area (Å²) in [5.41, 5.74) is 2.96. The van der Waals surface area contributed by atoms with Crippen molar-refractivity contribution in [1.29, 1.82) is 0 Å². The van der Waals surface area contributed by atoms with Gasteiger partial charge in [0.05, 0.1) is 29.5 Å². The molecule has 1 aromatic carbocycles. The first-order valence-electron chi connectivity index (χ1n) is 9.04. The van der Waals surface area contributed by atoms with Crippen LogP contribution in [0.15, 0.2) is 48.8 Å². The number of aromatic nitrogens is 3. The third kappa shape index (κ3) is 3.46. The Hall–Kier alpha value is -2.73. The predicted molar refractivity (Wildman–Crippen MR) is 102 cm³/mol. The van der Waals surface area contributed by atoms with E-state index in [1.54, 1.807) is 12.4 Å². The van der Waals surface area contributed by atoms with Crippen molar-refractivity contribution in [2.45, 2.75) is 19.4 Å². The quantitative estimate of drug-likeness (QED) is 0.787. The van der Waals surface area contributed by atoms with Crippen molar-refractivity contribution >= 4 is 22.6 Å². The van der Waals surface area contributed by atoms with E-state index in [4.69, 9.17) is 4.98 Å². The second-order valence-corrected chi connectivity index (χ2v) is 6.86. The lowest BCUT2D eigenvalue weighted by molar-refractivity contribution is -0.121. The van der Waals surface area contributed by atoms with Gasteiger partial charge >= 0.3 is 0 Å². The lowest BCUT2D eigenvalue weighted by Gasteiger charge is -2.30. The number of benzene rings is 1. The molecule has 0 atom stereocenters. The van der Waals surface area contributed by atoms with E-state index < -0.39 is 0 Å². The molecule has 0 spiro atoms. The number of aryl methyl sites for hydroxylation is 1. The fourth-order valence-electron chi connectivity index (χ4n) is 3.57. The molecule has 3 heterocycles. The SMILES string of the molecule is Cn1c(CN2CCC(C(=O)Nc3cccnc3)CC2)nc2ccccc21. The molecule has 3 aromatic rings. The summed E-state index contributed by atoms with van der Waals surface area (Å²) < 4.78 is 2.16. The monoisotopic (exact) mass is 349 g/mol. The molecule has 0 unspecified atom stereocenters. The molecule has 1 aliphatic rings. The Morgan fingerprint density at radius 1 is 1.19 bits per heavy atom. The van der Waals surface area contributed by atoms with Crippen molar-refractivity contribution in [3.8, 4) is 0 Å². The van der Waals surface area contributed by atoms with E-state index >= 15 is 0 Å². The number of fused-ring (bicyclic) bond motifs is 1. The van der Waals surface area contributed by atoms with Crippen molar-refractivity contribution in [3.05, 3.63) is 54.6 Å². The topological polar surface area (TPSA) is 63.1 Å². The average Bonchev–Trinajstić information content (AvgIpc) is 2.99. The van der Waals surface area contributed by atoms with Crippen LogP contribution in [0.1, 0.15) is 18.7 Å². The summed E-state index contributed by atoms with van der Waals surface area (Å²) in [6.45, 7) is 2.64. The highest BCUT2D eigenvalue weighted by Crippen LogP contribution is 2.22. The smallest absolute Gasteiger partial charge is 0.227 e. The minimum atomic E-state index is 0.0619. The number of hydrogen-bond acceptors (Lipinski definition) is 4. The van der Waals surface area contributed by atoms with Crippen LogP contribution in [0.25, 0.3) is 11.0 Å². The molecule has 1 fully saturated rings. The van der Waals surface area contributed by atoms with Gasteiger partial charge in [-0.05, 0) is 50.2 Å². The number of para-hydroxylation sites is 2. The van der Waals surface area contributed by atoms with Crippen molar-refractivity contribution in [1.82, 2.24) is 19.4 Å². The third-order valence-corrected chi connectivity index (χ3v) is 5.13. The second kappa shape index (κ2) is 7.25. The highest BCUT2D eigenvalue weighted by molar-refractivity contribution is 5.92. The van der Waals surface area contributed by atoms with Gasteiger partial charge in [-0.3, -0.25) is 14.7 Å². The summed E-state index contributed by atoms with van der Waals surface area (Å²) >= 11 is 0. The second-order valence-electron chi connectivity index (χ2n) is 6.86. The summed E-state index contributed by atoms with van der Waals surface area (Å²) in [5, 5.41) is 2.97. The van der Waals surface area contributed by atoms with E-state index in [1.807, 2.05) is 30.3 Å².